The Morgan fingerprint density at radius 1 is 1.18 bits per heavy atom. The summed E-state index contributed by atoms with van der Waals surface area (Å²) < 4.78 is 6.79. The van der Waals surface area contributed by atoms with E-state index in [9.17, 15) is 9.59 Å². The summed E-state index contributed by atoms with van der Waals surface area (Å²) in [6.07, 6.45) is 2.49. The Kier molecular flexibility index (Phi) is 5.82. The van der Waals surface area contributed by atoms with Gasteiger partial charge in [0.2, 0.25) is 0 Å². The molecule has 0 unspecified atom stereocenters. The molecule has 0 radical (unpaired) electrons. The Bertz CT molecular complexity index is 1010. The fourth-order valence-electron chi connectivity index (χ4n) is 3.07. The molecule has 0 aliphatic heterocycles. The molecule has 0 fully saturated rings. The lowest BCUT2D eigenvalue weighted by Gasteiger charge is -2.11. The number of esters is 1. The summed E-state index contributed by atoms with van der Waals surface area (Å²) in [5, 5.41) is 4.10. The number of hydrogen-bond donors (Lipinski definition) is 0. The molecule has 7 nitrogen and oxygen atoms in total. The first-order valence-corrected chi connectivity index (χ1v) is 9.35. The summed E-state index contributed by atoms with van der Waals surface area (Å²) >= 11 is 0. The summed E-state index contributed by atoms with van der Waals surface area (Å²) in [6, 6.07) is 7.48. The topological polar surface area (TPSA) is 86.5 Å². The first-order chi connectivity index (χ1) is 13.4. The molecule has 3 aromatic rings. The predicted octanol–water partition coefficient (Wildman–Crippen LogP) is 3.22. The summed E-state index contributed by atoms with van der Waals surface area (Å²) in [5.74, 6) is 0.243. The van der Waals surface area contributed by atoms with Crippen molar-refractivity contribution in [1.29, 1.82) is 0 Å². The zero-order chi connectivity index (χ0) is 20.3. The average molecular weight is 380 g/mol. The lowest BCUT2D eigenvalue weighted by Crippen LogP contribution is -2.18. The lowest BCUT2D eigenvalue weighted by molar-refractivity contribution is -0.141. The van der Waals surface area contributed by atoms with Crippen LogP contribution in [0.1, 0.15) is 59.1 Å². The second kappa shape index (κ2) is 8.29. The maximum atomic E-state index is 12.3. The molecule has 7 heteroatoms. The molecule has 0 saturated carbocycles. The molecular weight excluding hydrogens is 356 g/mol. The zero-order valence-electron chi connectivity index (χ0n) is 16.6. The van der Waals surface area contributed by atoms with Crippen LogP contribution in [0.5, 0.6) is 0 Å². The lowest BCUT2D eigenvalue weighted by atomic mass is 9.97. The van der Waals surface area contributed by atoms with Crippen molar-refractivity contribution in [2.75, 3.05) is 6.61 Å². The second-order valence-electron chi connectivity index (χ2n) is 6.92. The number of aryl methyl sites for hydroxylation is 2. The molecule has 0 N–H and O–H groups in total. The third-order valence-corrected chi connectivity index (χ3v) is 5.09. The van der Waals surface area contributed by atoms with Crippen LogP contribution in [0.3, 0.4) is 0 Å². The number of fused-ring (bicyclic) bond motifs is 1. The molecule has 0 aliphatic rings. The molecule has 28 heavy (non-hydrogen) atoms. The molecule has 2 heterocycles. The molecule has 0 amide bonds. The maximum absolute atomic E-state index is 12.3. The molecule has 146 valence electrons. The monoisotopic (exact) mass is 380 g/mol. The van der Waals surface area contributed by atoms with E-state index in [1.807, 2.05) is 26.0 Å². The average Bonchev–Trinajstić information content (AvgIpc) is 3.17. The van der Waals surface area contributed by atoms with E-state index in [1.54, 1.807) is 16.6 Å². The van der Waals surface area contributed by atoms with E-state index in [0.717, 1.165) is 17.7 Å². The van der Waals surface area contributed by atoms with Crippen LogP contribution in [-0.4, -0.2) is 37.9 Å². The fraction of sp³-hybridized carbons (Fsp3) is 0.381. The van der Waals surface area contributed by atoms with Crippen molar-refractivity contribution >= 4 is 17.5 Å². The Hall–Kier alpha value is -3.09. The zero-order valence-corrected chi connectivity index (χ0v) is 16.6. The maximum Gasteiger partial charge on any atom is 0.310 e. The number of nitrogens with zero attached hydrogens (tertiary/aromatic N) is 4. The van der Waals surface area contributed by atoms with Gasteiger partial charge in [0.1, 0.15) is 6.33 Å². The molecular formula is C21H24N4O3. The van der Waals surface area contributed by atoms with Crippen LogP contribution in [0.2, 0.25) is 0 Å². The molecule has 1 atom stereocenters. The molecule has 0 bridgehead atoms. The first-order valence-electron chi connectivity index (χ1n) is 9.35. The van der Waals surface area contributed by atoms with Gasteiger partial charge >= 0.3 is 5.97 Å². The van der Waals surface area contributed by atoms with Gasteiger partial charge in [-0.15, -0.1) is 0 Å². The quantitative estimate of drug-likeness (QED) is 0.462. The van der Waals surface area contributed by atoms with Crippen molar-refractivity contribution < 1.29 is 14.3 Å². The molecule has 0 saturated heterocycles. The van der Waals surface area contributed by atoms with E-state index < -0.39 is 5.97 Å². The van der Waals surface area contributed by atoms with Gasteiger partial charge in [-0.1, -0.05) is 38.1 Å². The highest BCUT2D eigenvalue weighted by molar-refractivity contribution is 5.98. The Morgan fingerprint density at radius 2 is 1.89 bits per heavy atom. The molecule has 1 aromatic carbocycles. The van der Waals surface area contributed by atoms with Crippen LogP contribution in [0, 0.1) is 13.8 Å². The van der Waals surface area contributed by atoms with Gasteiger partial charge in [-0.25, -0.2) is 9.50 Å². The van der Waals surface area contributed by atoms with Crippen molar-refractivity contribution in [2.24, 2.45) is 0 Å². The molecule has 2 aromatic heterocycles. The van der Waals surface area contributed by atoms with Crippen LogP contribution >= 0.6 is 0 Å². The number of aromatic nitrogens is 4. The summed E-state index contributed by atoms with van der Waals surface area (Å²) in [5.41, 5.74) is 3.94. The van der Waals surface area contributed by atoms with Gasteiger partial charge < -0.3 is 4.74 Å². The van der Waals surface area contributed by atoms with E-state index in [4.69, 9.17) is 4.74 Å². The van der Waals surface area contributed by atoms with Gasteiger partial charge in [0.25, 0.3) is 5.78 Å². The summed E-state index contributed by atoms with van der Waals surface area (Å²) in [7, 11) is 0. The van der Waals surface area contributed by atoms with Crippen molar-refractivity contribution in [1.82, 2.24) is 19.6 Å². The SMILES string of the molecule is CC[C@@H](C)c1ccc(C(=O)COC(=O)Cc2c(C)nc3ncnn3c2C)cc1. The van der Waals surface area contributed by atoms with E-state index in [0.29, 0.717) is 23.0 Å². The van der Waals surface area contributed by atoms with Gasteiger partial charge in [0.05, 0.1) is 6.42 Å². The predicted molar refractivity (Wildman–Crippen MR) is 104 cm³/mol. The number of ether oxygens (including phenoxy) is 1. The van der Waals surface area contributed by atoms with E-state index in [-0.39, 0.29) is 18.8 Å². The van der Waals surface area contributed by atoms with Crippen LogP contribution in [0.4, 0.5) is 0 Å². The van der Waals surface area contributed by atoms with Crippen LogP contribution in [0.15, 0.2) is 30.6 Å². The largest absolute Gasteiger partial charge is 0.457 e. The summed E-state index contributed by atoms with van der Waals surface area (Å²) in [6.45, 7) is 7.66. The summed E-state index contributed by atoms with van der Waals surface area (Å²) in [4.78, 5) is 33.0. The Balaban J connectivity index is 1.62. The highest BCUT2D eigenvalue weighted by Gasteiger charge is 2.17. The minimum absolute atomic E-state index is 0.0285. The number of benzene rings is 1. The van der Waals surface area contributed by atoms with Crippen molar-refractivity contribution in [2.45, 2.75) is 46.5 Å². The Morgan fingerprint density at radius 3 is 2.57 bits per heavy atom. The van der Waals surface area contributed by atoms with Crippen molar-refractivity contribution in [3.05, 3.63) is 58.7 Å². The number of ketones is 1. The van der Waals surface area contributed by atoms with Gasteiger partial charge in [0.15, 0.2) is 12.4 Å². The van der Waals surface area contributed by atoms with Gasteiger partial charge in [-0.3, -0.25) is 9.59 Å². The standard InChI is InChI=1S/C21H24N4O3/c1-5-13(2)16-6-8-17(9-7-16)19(26)11-28-20(27)10-18-14(3)24-21-22-12-23-25(21)15(18)4/h6-9,12-13H,5,10-11H2,1-4H3/t13-/m1/s1. The van der Waals surface area contributed by atoms with Crippen LogP contribution in [-0.2, 0) is 16.0 Å². The minimum atomic E-state index is -0.475. The van der Waals surface area contributed by atoms with E-state index >= 15 is 0 Å². The molecule has 0 spiro atoms. The number of carbonyl (C=O) groups is 2. The van der Waals surface area contributed by atoms with Crippen molar-refractivity contribution in [3.63, 3.8) is 0 Å². The highest BCUT2D eigenvalue weighted by atomic mass is 16.5. The number of carbonyl (C=O) groups excluding carboxylic acids is 2. The second-order valence-corrected chi connectivity index (χ2v) is 6.92. The van der Waals surface area contributed by atoms with Gasteiger partial charge in [0, 0.05) is 22.5 Å². The molecule has 0 aliphatic carbocycles. The van der Waals surface area contributed by atoms with Crippen molar-refractivity contribution in [3.8, 4) is 0 Å². The number of hydrogen-bond acceptors (Lipinski definition) is 6. The third kappa shape index (κ3) is 4.08. The van der Waals surface area contributed by atoms with Gasteiger partial charge in [-0.05, 0) is 31.7 Å². The Labute approximate surface area is 163 Å². The minimum Gasteiger partial charge on any atom is -0.457 e. The van der Waals surface area contributed by atoms with E-state index in [2.05, 4.69) is 28.9 Å². The molecule has 3 rings (SSSR count). The number of rotatable bonds is 7. The van der Waals surface area contributed by atoms with E-state index in [1.165, 1.54) is 11.9 Å². The van der Waals surface area contributed by atoms with Crippen LogP contribution < -0.4 is 0 Å². The van der Waals surface area contributed by atoms with Gasteiger partial charge in [-0.2, -0.15) is 10.1 Å². The highest BCUT2D eigenvalue weighted by Crippen LogP contribution is 2.19. The van der Waals surface area contributed by atoms with Crippen LogP contribution in [0.25, 0.3) is 5.78 Å². The first kappa shape index (κ1) is 19.7. The fourth-order valence-corrected chi connectivity index (χ4v) is 3.07. The normalized spacial score (nSPS) is 12.1. The third-order valence-electron chi connectivity index (χ3n) is 5.09. The smallest absolute Gasteiger partial charge is 0.310 e. The number of Topliss-reactive ketones (excluding diaryl/α,β-unsaturated/α-hetero) is 1.